The fraction of sp³-hybridized carbons (Fsp3) is 0.294. The van der Waals surface area contributed by atoms with E-state index in [-0.39, 0.29) is 6.61 Å². The van der Waals surface area contributed by atoms with E-state index in [1.807, 2.05) is 121 Å². The van der Waals surface area contributed by atoms with E-state index in [0.717, 1.165) is 22.3 Å². The van der Waals surface area contributed by atoms with Crippen molar-refractivity contribution in [2.24, 2.45) is 0 Å². The van der Waals surface area contributed by atoms with Crippen LogP contribution >= 0.6 is 0 Å². The zero-order valence-corrected chi connectivity index (χ0v) is 22.5. The molecule has 1 N–H and O–H groups in total. The highest BCUT2D eigenvalue weighted by Gasteiger charge is 2.47. The molecule has 5 atom stereocenters. The molecule has 0 bridgehead atoms. The molecule has 0 aromatic heterocycles. The molecule has 1 fully saturated rings. The van der Waals surface area contributed by atoms with Crippen LogP contribution in [0.2, 0.25) is 0 Å². The number of rotatable bonds is 13. The molecule has 4 aromatic carbocycles. The molecule has 1 aliphatic rings. The Morgan fingerprint density at radius 2 is 0.900 bits per heavy atom. The van der Waals surface area contributed by atoms with Crippen LogP contribution in [-0.4, -0.2) is 42.4 Å². The van der Waals surface area contributed by atoms with Crippen molar-refractivity contribution in [1.82, 2.24) is 0 Å². The average molecular weight is 541 g/mol. The molecule has 5 rings (SSSR count). The van der Waals surface area contributed by atoms with Crippen LogP contribution in [0.25, 0.3) is 0 Å². The Hall–Kier alpha value is -3.36. The minimum atomic E-state index is -0.989. The Bertz CT molecular complexity index is 1240. The number of ether oxygens (including phenoxy) is 5. The summed E-state index contributed by atoms with van der Waals surface area (Å²) in [6.07, 6.45) is -3.81. The summed E-state index contributed by atoms with van der Waals surface area (Å²) in [5.41, 5.74) is 4.07. The van der Waals surface area contributed by atoms with Crippen molar-refractivity contribution in [3.63, 3.8) is 0 Å². The minimum absolute atomic E-state index is 0.178. The molecule has 1 unspecified atom stereocenters. The van der Waals surface area contributed by atoms with Gasteiger partial charge in [0, 0.05) is 0 Å². The number of hydrogen-bond donors (Lipinski definition) is 1. The van der Waals surface area contributed by atoms with Gasteiger partial charge >= 0.3 is 0 Å². The molecular formula is C34H36O6. The van der Waals surface area contributed by atoms with Gasteiger partial charge in [-0.1, -0.05) is 121 Å². The van der Waals surface area contributed by atoms with Gasteiger partial charge in [0.05, 0.1) is 33.0 Å². The SMILES string of the molecule is O[C@@H]1C(COCc2ccccc2)O[C@@H](OCc2ccccc2)[C@@H](OCc2ccccc2)[C@H]1OCc1ccccc1. The second kappa shape index (κ2) is 14.9. The first-order valence-corrected chi connectivity index (χ1v) is 13.7. The maximum Gasteiger partial charge on any atom is 0.187 e. The van der Waals surface area contributed by atoms with Gasteiger partial charge in [-0.3, -0.25) is 0 Å². The molecule has 0 spiro atoms. The summed E-state index contributed by atoms with van der Waals surface area (Å²) in [7, 11) is 0. The van der Waals surface area contributed by atoms with Gasteiger partial charge in [-0.15, -0.1) is 0 Å². The van der Waals surface area contributed by atoms with Gasteiger partial charge in [-0.05, 0) is 22.3 Å². The zero-order valence-electron chi connectivity index (χ0n) is 22.5. The standard InChI is InChI=1S/C34H36O6/c35-31-30(25-36-21-26-13-5-1-6-14-26)40-34(39-24-29-19-11-4-12-20-29)33(38-23-28-17-9-3-10-18-28)32(31)37-22-27-15-7-2-8-16-27/h1-20,30-35H,21-25H2/t30?,31-,32+,33+,34-/m1/s1. The van der Waals surface area contributed by atoms with Gasteiger partial charge in [-0.25, -0.2) is 0 Å². The van der Waals surface area contributed by atoms with E-state index in [4.69, 9.17) is 23.7 Å². The van der Waals surface area contributed by atoms with E-state index in [1.54, 1.807) is 0 Å². The number of hydrogen-bond acceptors (Lipinski definition) is 6. The fourth-order valence-electron chi connectivity index (χ4n) is 4.68. The monoisotopic (exact) mass is 540 g/mol. The van der Waals surface area contributed by atoms with Gasteiger partial charge < -0.3 is 28.8 Å². The van der Waals surface area contributed by atoms with E-state index in [1.165, 1.54) is 0 Å². The summed E-state index contributed by atoms with van der Waals surface area (Å²) >= 11 is 0. The lowest BCUT2D eigenvalue weighted by Gasteiger charge is -2.44. The second-order valence-electron chi connectivity index (χ2n) is 9.85. The highest BCUT2D eigenvalue weighted by molar-refractivity contribution is 5.16. The summed E-state index contributed by atoms with van der Waals surface area (Å²) in [4.78, 5) is 0. The predicted molar refractivity (Wildman–Crippen MR) is 152 cm³/mol. The molecule has 208 valence electrons. The van der Waals surface area contributed by atoms with E-state index in [0.29, 0.717) is 26.4 Å². The Labute approximate surface area is 236 Å². The van der Waals surface area contributed by atoms with E-state index in [9.17, 15) is 5.11 Å². The molecule has 40 heavy (non-hydrogen) atoms. The van der Waals surface area contributed by atoms with Crippen LogP contribution in [0.5, 0.6) is 0 Å². The Morgan fingerprint density at radius 3 is 1.38 bits per heavy atom. The van der Waals surface area contributed by atoms with Gasteiger partial charge in [0.2, 0.25) is 0 Å². The highest BCUT2D eigenvalue weighted by atomic mass is 16.7. The number of benzene rings is 4. The van der Waals surface area contributed by atoms with Crippen molar-refractivity contribution in [1.29, 1.82) is 0 Å². The smallest absolute Gasteiger partial charge is 0.187 e. The lowest BCUT2D eigenvalue weighted by Crippen LogP contribution is -2.61. The predicted octanol–water partition coefficient (Wildman–Crippen LogP) is 5.68. The summed E-state index contributed by atoms with van der Waals surface area (Å²) in [5, 5.41) is 11.5. The van der Waals surface area contributed by atoms with Crippen LogP contribution in [-0.2, 0) is 50.1 Å². The zero-order chi connectivity index (χ0) is 27.4. The van der Waals surface area contributed by atoms with Crippen LogP contribution in [0.1, 0.15) is 22.3 Å². The van der Waals surface area contributed by atoms with Crippen LogP contribution in [0.4, 0.5) is 0 Å². The van der Waals surface area contributed by atoms with E-state index >= 15 is 0 Å². The van der Waals surface area contributed by atoms with E-state index in [2.05, 4.69) is 0 Å². The Kier molecular flexibility index (Phi) is 10.5. The molecule has 0 amide bonds. The molecule has 4 aromatic rings. The minimum Gasteiger partial charge on any atom is -0.387 e. The van der Waals surface area contributed by atoms with Gasteiger partial charge in [-0.2, -0.15) is 0 Å². The summed E-state index contributed by atoms with van der Waals surface area (Å²) in [6.45, 7) is 1.56. The third kappa shape index (κ3) is 8.08. The molecular weight excluding hydrogens is 504 g/mol. The van der Waals surface area contributed by atoms with Crippen molar-refractivity contribution >= 4 is 0 Å². The van der Waals surface area contributed by atoms with Crippen LogP contribution in [0.3, 0.4) is 0 Å². The molecule has 1 saturated heterocycles. The summed E-state index contributed by atoms with van der Waals surface area (Å²) in [5.74, 6) is 0. The van der Waals surface area contributed by atoms with Gasteiger partial charge in [0.25, 0.3) is 0 Å². The fourth-order valence-corrected chi connectivity index (χ4v) is 4.68. The van der Waals surface area contributed by atoms with Crippen molar-refractivity contribution in [3.05, 3.63) is 144 Å². The van der Waals surface area contributed by atoms with Crippen molar-refractivity contribution in [2.45, 2.75) is 57.1 Å². The lowest BCUT2D eigenvalue weighted by atomic mass is 9.98. The van der Waals surface area contributed by atoms with Crippen LogP contribution in [0.15, 0.2) is 121 Å². The Morgan fingerprint density at radius 1 is 0.500 bits per heavy atom. The number of aliphatic hydroxyl groups is 1. The molecule has 1 aliphatic heterocycles. The van der Waals surface area contributed by atoms with Crippen LogP contribution < -0.4 is 0 Å². The Balaban J connectivity index is 1.34. The quantitative estimate of drug-likeness (QED) is 0.236. The summed E-state index contributed by atoms with van der Waals surface area (Å²) < 4.78 is 31.4. The summed E-state index contributed by atoms with van der Waals surface area (Å²) in [6, 6.07) is 39.6. The molecule has 6 heteroatoms. The molecule has 0 aliphatic carbocycles. The van der Waals surface area contributed by atoms with Gasteiger partial charge in [0.15, 0.2) is 6.29 Å². The maximum atomic E-state index is 11.5. The first kappa shape index (κ1) is 28.2. The van der Waals surface area contributed by atoms with Gasteiger partial charge in [0.1, 0.15) is 24.4 Å². The largest absolute Gasteiger partial charge is 0.387 e. The van der Waals surface area contributed by atoms with E-state index < -0.39 is 30.7 Å². The van der Waals surface area contributed by atoms with Crippen molar-refractivity contribution in [2.75, 3.05) is 6.61 Å². The second-order valence-corrected chi connectivity index (χ2v) is 9.85. The normalized spacial score (nSPS) is 22.7. The highest BCUT2D eigenvalue weighted by Crippen LogP contribution is 2.29. The lowest BCUT2D eigenvalue weighted by molar-refractivity contribution is -0.324. The molecule has 0 radical (unpaired) electrons. The first-order valence-electron chi connectivity index (χ1n) is 13.7. The molecule has 0 saturated carbocycles. The first-order chi connectivity index (χ1) is 19.8. The third-order valence-corrected chi connectivity index (χ3v) is 6.84. The number of aliphatic hydroxyl groups excluding tert-OH is 1. The van der Waals surface area contributed by atoms with Crippen molar-refractivity contribution < 1.29 is 28.8 Å². The van der Waals surface area contributed by atoms with Crippen LogP contribution in [0, 0.1) is 0 Å². The van der Waals surface area contributed by atoms with Crippen molar-refractivity contribution in [3.8, 4) is 0 Å². The maximum absolute atomic E-state index is 11.5. The molecule has 1 heterocycles. The topological polar surface area (TPSA) is 66.4 Å². The third-order valence-electron chi connectivity index (χ3n) is 6.84. The average Bonchev–Trinajstić information content (AvgIpc) is 3.01. The molecule has 6 nitrogen and oxygen atoms in total.